The van der Waals surface area contributed by atoms with Crippen molar-refractivity contribution in [2.24, 2.45) is 14.1 Å². The van der Waals surface area contributed by atoms with Crippen LogP contribution in [0.25, 0.3) is 0 Å². The molecule has 19 heavy (non-hydrogen) atoms. The van der Waals surface area contributed by atoms with E-state index in [0.717, 1.165) is 36.4 Å². The molecule has 1 aliphatic heterocycles. The number of rotatable bonds is 2. The molecule has 6 nitrogen and oxygen atoms in total. The number of aromatic nitrogens is 2. The lowest BCUT2D eigenvalue weighted by Gasteiger charge is -2.27. The lowest BCUT2D eigenvalue weighted by molar-refractivity contribution is 0.227. The van der Waals surface area contributed by atoms with Crippen LogP contribution in [-0.4, -0.2) is 40.2 Å². The van der Waals surface area contributed by atoms with Crippen LogP contribution in [0.5, 0.6) is 0 Å². The molecule has 0 unspecified atom stereocenters. The van der Waals surface area contributed by atoms with Gasteiger partial charge in [0.2, 0.25) is 0 Å². The number of nitrogens with zero attached hydrogens (tertiary/aromatic N) is 3. The van der Waals surface area contributed by atoms with Gasteiger partial charge in [-0.25, -0.2) is 4.79 Å². The van der Waals surface area contributed by atoms with Crippen LogP contribution in [0.3, 0.4) is 0 Å². The van der Waals surface area contributed by atoms with E-state index in [0.29, 0.717) is 6.54 Å². The molecule has 1 aromatic rings. The Bertz CT molecular complexity index is 520. The fraction of sp³-hybridized carbons (Fsp3) is 0.636. The standard InChI is InChI=1S/C11H18N4O2.2ClH/c1-13-9(7-10(16)14(2)11(13)17)8-15-5-3-12-4-6-15;;/h7,12H,3-6,8H2,1-2H3;2*1H. The molecule has 1 aromatic heterocycles. The molecule has 0 atom stereocenters. The lowest BCUT2D eigenvalue weighted by Crippen LogP contribution is -2.45. The average Bonchev–Trinajstić information content (AvgIpc) is 2.35. The Morgan fingerprint density at radius 2 is 1.68 bits per heavy atom. The normalized spacial score (nSPS) is 15.5. The van der Waals surface area contributed by atoms with E-state index in [1.807, 2.05) is 0 Å². The summed E-state index contributed by atoms with van der Waals surface area (Å²) in [7, 11) is 3.21. The Morgan fingerprint density at radius 3 is 2.26 bits per heavy atom. The van der Waals surface area contributed by atoms with Gasteiger partial charge in [0.05, 0.1) is 0 Å². The van der Waals surface area contributed by atoms with E-state index in [-0.39, 0.29) is 36.1 Å². The second-order valence-corrected chi connectivity index (χ2v) is 4.40. The molecule has 1 aliphatic rings. The Balaban J connectivity index is 0.00000162. The minimum atomic E-state index is -0.261. The van der Waals surface area contributed by atoms with Crippen LogP contribution < -0.4 is 16.6 Å². The lowest BCUT2D eigenvalue weighted by atomic mass is 10.3. The van der Waals surface area contributed by atoms with Crippen LogP contribution in [-0.2, 0) is 20.6 Å². The van der Waals surface area contributed by atoms with Crippen molar-refractivity contribution in [1.29, 1.82) is 0 Å². The second-order valence-electron chi connectivity index (χ2n) is 4.40. The Kier molecular flexibility index (Phi) is 7.36. The highest BCUT2D eigenvalue weighted by molar-refractivity contribution is 5.85. The first-order chi connectivity index (χ1) is 8.09. The van der Waals surface area contributed by atoms with E-state index in [9.17, 15) is 9.59 Å². The Hall–Kier alpha value is -0.820. The highest BCUT2D eigenvalue weighted by atomic mass is 35.5. The second kappa shape index (κ2) is 7.69. The van der Waals surface area contributed by atoms with Gasteiger partial charge in [0.25, 0.3) is 5.56 Å². The quantitative estimate of drug-likeness (QED) is 0.787. The zero-order chi connectivity index (χ0) is 12.4. The molecule has 2 heterocycles. The van der Waals surface area contributed by atoms with Crippen LogP contribution >= 0.6 is 24.8 Å². The molecular formula is C11H20Cl2N4O2. The van der Waals surface area contributed by atoms with Crippen molar-refractivity contribution in [3.63, 3.8) is 0 Å². The molecule has 0 aromatic carbocycles. The predicted octanol–water partition coefficient (Wildman–Crippen LogP) is -0.667. The maximum atomic E-state index is 11.7. The number of hydrogen-bond donors (Lipinski definition) is 1. The molecule has 0 bridgehead atoms. The monoisotopic (exact) mass is 310 g/mol. The summed E-state index contributed by atoms with van der Waals surface area (Å²) in [6.45, 7) is 4.47. The summed E-state index contributed by atoms with van der Waals surface area (Å²) in [5.74, 6) is 0. The van der Waals surface area contributed by atoms with Crippen molar-refractivity contribution < 1.29 is 0 Å². The van der Waals surface area contributed by atoms with Gasteiger partial charge in [-0.05, 0) is 0 Å². The summed E-state index contributed by atoms with van der Waals surface area (Å²) in [5, 5.41) is 3.27. The highest BCUT2D eigenvalue weighted by Crippen LogP contribution is 2.01. The van der Waals surface area contributed by atoms with Gasteiger partial charge in [-0.2, -0.15) is 0 Å². The molecular weight excluding hydrogens is 291 g/mol. The molecule has 0 spiro atoms. The number of halogens is 2. The molecule has 0 amide bonds. The number of piperazine rings is 1. The number of hydrogen-bond acceptors (Lipinski definition) is 4. The van der Waals surface area contributed by atoms with Crippen molar-refractivity contribution in [2.75, 3.05) is 26.2 Å². The van der Waals surface area contributed by atoms with Gasteiger partial charge >= 0.3 is 5.69 Å². The fourth-order valence-electron chi connectivity index (χ4n) is 2.03. The maximum absolute atomic E-state index is 11.7. The van der Waals surface area contributed by atoms with Crippen LogP contribution in [0.15, 0.2) is 15.7 Å². The predicted molar refractivity (Wildman–Crippen MR) is 79.6 cm³/mol. The van der Waals surface area contributed by atoms with E-state index in [2.05, 4.69) is 10.2 Å². The van der Waals surface area contributed by atoms with E-state index < -0.39 is 0 Å². The summed E-state index contributed by atoms with van der Waals surface area (Å²) in [4.78, 5) is 25.6. The zero-order valence-electron chi connectivity index (χ0n) is 11.1. The highest BCUT2D eigenvalue weighted by Gasteiger charge is 2.13. The molecule has 0 radical (unpaired) electrons. The molecule has 0 aliphatic carbocycles. The van der Waals surface area contributed by atoms with E-state index in [1.165, 1.54) is 7.05 Å². The summed E-state index contributed by atoms with van der Waals surface area (Å²) in [5.41, 5.74) is 0.279. The summed E-state index contributed by atoms with van der Waals surface area (Å²) in [6.07, 6.45) is 0. The van der Waals surface area contributed by atoms with Gasteiger partial charge in [-0.1, -0.05) is 0 Å². The van der Waals surface area contributed by atoms with Gasteiger partial charge in [-0.15, -0.1) is 24.8 Å². The molecule has 1 fully saturated rings. The minimum Gasteiger partial charge on any atom is -0.314 e. The zero-order valence-corrected chi connectivity index (χ0v) is 12.7. The average molecular weight is 311 g/mol. The Labute approximate surface area is 124 Å². The van der Waals surface area contributed by atoms with Crippen LogP contribution in [0.1, 0.15) is 5.69 Å². The minimum absolute atomic E-state index is 0. The molecule has 1 N–H and O–H groups in total. The van der Waals surface area contributed by atoms with Gasteiger partial charge in [0, 0.05) is 58.6 Å². The summed E-state index contributed by atoms with van der Waals surface area (Å²) >= 11 is 0. The first-order valence-electron chi connectivity index (χ1n) is 5.78. The summed E-state index contributed by atoms with van der Waals surface area (Å²) < 4.78 is 2.67. The van der Waals surface area contributed by atoms with Crippen molar-refractivity contribution in [3.05, 3.63) is 32.6 Å². The topological polar surface area (TPSA) is 59.3 Å². The SMILES string of the molecule is Cl.Cl.Cn1c(CN2CCNCC2)cc(=O)n(C)c1=O. The van der Waals surface area contributed by atoms with Crippen LogP contribution in [0.4, 0.5) is 0 Å². The van der Waals surface area contributed by atoms with Crippen molar-refractivity contribution in [3.8, 4) is 0 Å². The van der Waals surface area contributed by atoms with E-state index >= 15 is 0 Å². The van der Waals surface area contributed by atoms with Gasteiger partial charge in [-0.3, -0.25) is 18.8 Å². The van der Waals surface area contributed by atoms with Gasteiger partial charge in [0.1, 0.15) is 0 Å². The van der Waals surface area contributed by atoms with E-state index in [4.69, 9.17) is 0 Å². The maximum Gasteiger partial charge on any atom is 0.330 e. The third kappa shape index (κ3) is 4.07. The first-order valence-corrected chi connectivity index (χ1v) is 5.78. The summed E-state index contributed by atoms with van der Waals surface area (Å²) in [6, 6.07) is 1.55. The smallest absolute Gasteiger partial charge is 0.314 e. The molecule has 0 saturated carbocycles. The molecule has 8 heteroatoms. The Morgan fingerprint density at radius 1 is 1.11 bits per heavy atom. The molecule has 110 valence electrons. The van der Waals surface area contributed by atoms with E-state index in [1.54, 1.807) is 17.7 Å². The molecule has 2 rings (SSSR count). The fourth-order valence-corrected chi connectivity index (χ4v) is 2.03. The van der Waals surface area contributed by atoms with Crippen LogP contribution in [0.2, 0.25) is 0 Å². The first kappa shape index (κ1) is 18.2. The third-order valence-corrected chi connectivity index (χ3v) is 3.22. The van der Waals surface area contributed by atoms with Crippen LogP contribution in [0, 0.1) is 0 Å². The molecule has 1 saturated heterocycles. The van der Waals surface area contributed by atoms with Gasteiger partial charge in [0.15, 0.2) is 0 Å². The largest absolute Gasteiger partial charge is 0.330 e. The van der Waals surface area contributed by atoms with Crippen molar-refractivity contribution >= 4 is 24.8 Å². The third-order valence-electron chi connectivity index (χ3n) is 3.22. The van der Waals surface area contributed by atoms with Crippen molar-refractivity contribution in [1.82, 2.24) is 19.4 Å². The number of nitrogens with one attached hydrogen (secondary N) is 1. The van der Waals surface area contributed by atoms with Gasteiger partial charge < -0.3 is 5.32 Å². The van der Waals surface area contributed by atoms with Crippen molar-refractivity contribution in [2.45, 2.75) is 6.54 Å².